The zero-order valence-electron chi connectivity index (χ0n) is 9.43. The third-order valence-corrected chi connectivity index (χ3v) is 6.22. The largest absolute Gasteiger partial charge is 0.316 e. The second kappa shape index (κ2) is 4.99. The van der Waals surface area contributed by atoms with Crippen molar-refractivity contribution >= 4 is 19.9 Å². The fourth-order valence-corrected chi connectivity index (χ4v) is 5.08. The number of nitrogens with one attached hydrogen (secondary N) is 2. The Labute approximate surface area is 96.8 Å². The average molecular weight is 270 g/mol. The zero-order valence-corrected chi connectivity index (χ0v) is 11.1. The molecule has 0 spiro atoms. The van der Waals surface area contributed by atoms with Crippen LogP contribution >= 0.6 is 0 Å². The van der Waals surface area contributed by atoms with Crippen molar-refractivity contribution in [3.63, 3.8) is 0 Å². The van der Waals surface area contributed by atoms with Crippen LogP contribution in [0.1, 0.15) is 13.3 Å². The fourth-order valence-electron chi connectivity index (χ4n) is 1.80. The molecule has 6 nitrogen and oxygen atoms in total. The molecule has 0 aliphatic carbocycles. The Morgan fingerprint density at radius 3 is 2.44 bits per heavy atom. The Morgan fingerprint density at radius 2 is 2.00 bits per heavy atom. The first-order valence-corrected chi connectivity index (χ1v) is 8.79. The highest BCUT2D eigenvalue weighted by molar-refractivity contribution is 8.06. The summed E-state index contributed by atoms with van der Waals surface area (Å²) >= 11 is 0. The quantitative estimate of drug-likeness (QED) is 0.662. The van der Waals surface area contributed by atoms with Crippen LogP contribution in [0.15, 0.2) is 0 Å². The van der Waals surface area contributed by atoms with Crippen molar-refractivity contribution < 1.29 is 16.8 Å². The Kier molecular flexibility index (Phi) is 4.33. The Hall–Kier alpha value is -0.180. The van der Waals surface area contributed by atoms with Gasteiger partial charge in [0.1, 0.15) is 0 Å². The van der Waals surface area contributed by atoms with Crippen molar-refractivity contribution in [2.75, 3.05) is 24.4 Å². The molecule has 0 radical (unpaired) electrons. The highest BCUT2D eigenvalue weighted by Gasteiger charge is 2.26. The van der Waals surface area contributed by atoms with Crippen molar-refractivity contribution in [2.24, 2.45) is 5.92 Å². The van der Waals surface area contributed by atoms with Crippen molar-refractivity contribution in [3.05, 3.63) is 0 Å². The molecule has 0 saturated carbocycles. The van der Waals surface area contributed by atoms with Crippen LogP contribution in [-0.2, 0) is 19.9 Å². The maximum atomic E-state index is 11.5. The number of hydrogen-bond donors (Lipinski definition) is 2. The lowest BCUT2D eigenvalue weighted by molar-refractivity contribution is 0.445. The van der Waals surface area contributed by atoms with E-state index in [0.717, 1.165) is 25.8 Å². The van der Waals surface area contributed by atoms with Crippen molar-refractivity contribution in [1.82, 2.24) is 10.0 Å². The summed E-state index contributed by atoms with van der Waals surface area (Å²) in [4.78, 5) is 0. The Bertz CT molecular complexity index is 423. The van der Waals surface area contributed by atoms with Crippen LogP contribution in [-0.4, -0.2) is 47.3 Å². The molecule has 0 aromatic carbocycles. The SMILES string of the molecule is CC(NS(=O)(=O)CS(C)(=O)=O)C1CCNC1. The molecule has 0 aromatic rings. The van der Waals surface area contributed by atoms with Gasteiger partial charge in [-0.3, -0.25) is 0 Å². The molecule has 1 fully saturated rings. The van der Waals surface area contributed by atoms with Crippen LogP contribution < -0.4 is 10.0 Å². The molecule has 1 rings (SSSR count). The molecule has 2 unspecified atom stereocenters. The summed E-state index contributed by atoms with van der Waals surface area (Å²) in [7, 11) is -7.26. The topological polar surface area (TPSA) is 92.3 Å². The van der Waals surface area contributed by atoms with Gasteiger partial charge >= 0.3 is 0 Å². The summed E-state index contributed by atoms with van der Waals surface area (Å²) in [6, 6.07) is -0.234. The van der Waals surface area contributed by atoms with Crippen molar-refractivity contribution in [3.8, 4) is 0 Å². The van der Waals surface area contributed by atoms with E-state index in [1.807, 2.05) is 0 Å². The van der Waals surface area contributed by atoms with Gasteiger partial charge in [0, 0.05) is 12.3 Å². The first-order valence-electron chi connectivity index (χ1n) is 5.08. The second-order valence-corrected chi connectivity index (χ2v) is 8.58. The number of rotatable bonds is 5. The minimum Gasteiger partial charge on any atom is -0.316 e. The van der Waals surface area contributed by atoms with E-state index in [1.54, 1.807) is 6.92 Å². The third kappa shape index (κ3) is 4.77. The van der Waals surface area contributed by atoms with Crippen LogP contribution in [0, 0.1) is 5.92 Å². The van der Waals surface area contributed by atoms with Crippen molar-refractivity contribution in [2.45, 2.75) is 19.4 Å². The van der Waals surface area contributed by atoms with Crippen molar-refractivity contribution in [1.29, 1.82) is 0 Å². The lowest BCUT2D eigenvalue weighted by Crippen LogP contribution is -2.41. The van der Waals surface area contributed by atoms with E-state index in [4.69, 9.17) is 0 Å². The minimum absolute atomic E-state index is 0.231. The molecule has 8 heteroatoms. The maximum Gasteiger partial charge on any atom is 0.226 e. The first-order chi connectivity index (χ1) is 7.20. The Morgan fingerprint density at radius 1 is 1.38 bits per heavy atom. The van der Waals surface area contributed by atoms with Gasteiger partial charge in [-0.25, -0.2) is 21.6 Å². The van der Waals surface area contributed by atoms with E-state index in [0.29, 0.717) is 0 Å². The van der Waals surface area contributed by atoms with Gasteiger partial charge < -0.3 is 5.32 Å². The van der Waals surface area contributed by atoms with Gasteiger partial charge in [0.05, 0.1) is 0 Å². The number of sulfone groups is 1. The summed E-state index contributed by atoms with van der Waals surface area (Å²) < 4.78 is 47.2. The highest BCUT2D eigenvalue weighted by atomic mass is 32.3. The summed E-state index contributed by atoms with van der Waals surface area (Å²) in [5.41, 5.74) is 0. The van der Waals surface area contributed by atoms with Gasteiger partial charge in [0.15, 0.2) is 14.9 Å². The van der Waals surface area contributed by atoms with Gasteiger partial charge in [-0.2, -0.15) is 0 Å². The predicted octanol–water partition coefficient (Wildman–Crippen LogP) is -1.09. The van der Waals surface area contributed by atoms with Crippen LogP contribution in [0.25, 0.3) is 0 Å². The first kappa shape index (κ1) is 13.9. The highest BCUT2D eigenvalue weighted by Crippen LogP contribution is 2.13. The zero-order chi connectivity index (χ0) is 12.4. The molecule has 96 valence electrons. The maximum absolute atomic E-state index is 11.5. The molecule has 1 aliphatic rings. The molecule has 1 heterocycles. The summed E-state index contributed by atoms with van der Waals surface area (Å²) in [5, 5.41) is 2.29. The molecule has 16 heavy (non-hydrogen) atoms. The average Bonchev–Trinajstić information content (AvgIpc) is 2.48. The van der Waals surface area contributed by atoms with Gasteiger partial charge in [0.2, 0.25) is 10.0 Å². The lowest BCUT2D eigenvalue weighted by atomic mass is 10.0. The predicted molar refractivity (Wildman–Crippen MR) is 62.2 cm³/mol. The van der Waals surface area contributed by atoms with Gasteiger partial charge in [-0.05, 0) is 32.4 Å². The smallest absolute Gasteiger partial charge is 0.226 e. The Balaban J connectivity index is 2.58. The van der Waals surface area contributed by atoms with Gasteiger partial charge in [-0.1, -0.05) is 0 Å². The normalized spacial score (nSPS) is 24.5. The number of sulfonamides is 1. The molecule has 1 aliphatic heterocycles. The molecule has 2 N–H and O–H groups in total. The summed E-state index contributed by atoms with van der Waals surface area (Å²) in [6.45, 7) is 3.41. The summed E-state index contributed by atoms with van der Waals surface area (Å²) in [6.07, 6.45) is 1.82. The molecule has 0 aromatic heterocycles. The van der Waals surface area contributed by atoms with Gasteiger partial charge in [-0.15, -0.1) is 0 Å². The van der Waals surface area contributed by atoms with Crippen LogP contribution in [0.2, 0.25) is 0 Å². The van der Waals surface area contributed by atoms with E-state index in [9.17, 15) is 16.8 Å². The molecular weight excluding hydrogens is 252 g/mol. The van der Waals surface area contributed by atoms with E-state index in [-0.39, 0.29) is 12.0 Å². The second-order valence-electron chi connectivity index (χ2n) is 4.32. The van der Waals surface area contributed by atoms with Crippen LogP contribution in [0.4, 0.5) is 0 Å². The lowest BCUT2D eigenvalue weighted by Gasteiger charge is -2.19. The molecule has 2 atom stereocenters. The molecule has 0 bridgehead atoms. The fraction of sp³-hybridized carbons (Fsp3) is 1.00. The van der Waals surface area contributed by atoms with E-state index >= 15 is 0 Å². The molecule has 0 amide bonds. The van der Waals surface area contributed by atoms with E-state index < -0.39 is 24.9 Å². The van der Waals surface area contributed by atoms with Gasteiger partial charge in [0.25, 0.3) is 0 Å². The van der Waals surface area contributed by atoms with E-state index in [1.165, 1.54) is 0 Å². The van der Waals surface area contributed by atoms with Crippen LogP contribution in [0.5, 0.6) is 0 Å². The van der Waals surface area contributed by atoms with E-state index in [2.05, 4.69) is 10.0 Å². The standard InChI is InChI=1S/C8H18N2O4S2/c1-7(8-3-4-9-5-8)10-16(13,14)6-15(2,11)12/h7-10H,3-6H2,1-2H3. The summed E-state index contributed by atoms with van der Waals surface area (Å²) in [5.74, 6) is 0.231. The molecule has 1 saturated heterocycles. The minimum atomic E-state index is -3.74. The molecular formula is C8H18N2O4S2. The number of hydrogen-bond acceptors (Lipinski definition) is 5. The third-order valence-electron chi connectivity index (χ3n) is 2.54. The van der Waals surface area contributed by atoms with Crippen LogP contribution in [0.3, 0.4) is 0 Å². The monoisotopic (exact) mass is 270 g/mol.